The molecule has 3 unspecified atom stereocenters. The highest BCUT2D eigenvalue weighted by Gasteiger charge is 2.38. The first-order valence-electron chi connectivity index (χ1n) is 7.35. The van der Waals surface area contributed by atoms with E-state index in [1.165, 1.54) is 5.56 Å². The number of aliphatic carboxylic acids is 1. The van der Waals surface area contributed by atoms with Crippen LogP contribution in [0.4, 0.5) is 0 Å². The maximum absolute atomic E-state index is 11.4. The molecular weight excluding hydrogens is 254 g/mol. The Kier molecular flexibility index (Phi) is 3.66. The molecule has 1 aromatic carbocycles. The molecular formula is C16H21NO3. The van der Waals surface area contributed by atoms with Crippen LogP contribution in [0.2, 0.25) is 0 Å². The van der Waals surface area contributed by atoms with Crippen LogP contribution in [0.5, 0.6) is 5.75 Å². The summed E-state index contributed by atoms with van der Waals surface area (Å²) in [7, 11) is 0. The van der Waals surface area contributed by atoms with Gasteiger partial charge in [-0.3, -0.25) is 9.69 Å². The Hall–Kier alpha value is -1.55. The second kappa shape index (κ2) is 5.44. The van der Waals surface area contributed by atoms with Crippen LogP contribution in [-0.4, -0.2) is 41.7 Å². The summed E-state index contributed by atoms with van der Waals surface area (Å²) >= 11 is 0. The van der Waals surface area contributed by atoms with Crippen LogP contribution >= 0.6 is 0 Å². The lowest BCUT2D eigenvalue weighted by molar-refractivity contribution is -0.143. The second-order valence-electron chi connectivity index (χ2n) is 5.92. The SMILES string of the molecule is CC1CCN(CC2CCOc3ccccc32)C1C(=O)O. The zero-order valence-corrected chi connectivity index (χ0v) is 11.8. The number of nitrogens with zero attached hydrogens (tertiary/aromatic N) is 1. The first kappa shape index (κ1) is 13.4. The van der Waals surface area contributed by atoms with Crippen molar-refractivity contribution in [3.63, 3.8) is 0 Å². The topological polar surface area (TPSA) is 49.8 Å². The molecule has 0 aliphatic carbocycles. The Bertz CT molecular complexity index is 502. The largest absolute Gasteiger partial charge is 0.493 e. The lowest BCUT2D eigenvalue weighted by Crippen LogP contribution is -2.41. The molecule has 0 radical (unpaired) electrons. The predicted molar refractivity (Wildman–Crippen MR) is 76.1 cm³/mol. The summed E-state index contributed by atoms with van der Waals surface area (Å²) in [6, 6.07) is 7.79. The van der Waals surface area contributed by atoms with Gasteiger partial charge in [0, 0.05) is 12.5 Å². The molecule has 2 aliphatic rings. The zero-order valence-electron chi connectivity index (χ0n) is 11.8. The number of hydrogen-bond acceptors (Lipinski definition) is 3. The normalized spacial score (nSPS) is 29.8. The lowest BCUT2D eigenvalue weighted by Gasteiger charge is -2.31. The van der Waals surface area contributed by atoms with Crippen molar-refractivity contribution in [3.8, 4) is 5.75 Å². The molecule has 20 heavy (non-hydrogen) atoms. The summed E-state index contributed by atoms with van der Waals surface area (Å²) in [4.78, 5) is 13.6. The van der Waals surface area contributed by atoms with Gasteiger partial charge >= 0.3 is 5.97 Å². The lowest BCUT2D eigenvalue weighted by atomic mass is 9.92. The van der Waals surface area contributed by atoms with Crippen LogP contribution in [0.15, 0.2) is 24.3 Å². The highest BCUT2D eigenvalue weighted by Crippen LogP contribution is 2.36. The number of fused-ring (bicyclic) bond motifs is 1. The number of rotatable bonds is 3. The molecule has 0 aromatic heterocycles. The Balaban J connectivity index is 1.77. The van der Waals surface area contributed by atoms with E-state index in [1.54, 1.807) is 0 Å². The van der Waals surface area contributed by atoms with Crippen molar-refractivity contribution in [3.05, 3.63) is 29.8 Å². The molecule has 4 nitrogen and oxygen atoms in total. The molecule has 4 heteroatoms. The number of para-hydroxylation sites is 1. The number of carboxylic acids is 1. The average Bonchev–Trinajstić information content (AvgIpc) is 2.80. The van der Waals surface area contributed by atoms with Crippen LogP contribution in [-0.2, 0) is 4.79 Å². The minimum atomic E-state index is -0.685. The molecule has 0 spiro atoms. The third-order valence-electron chi connectivity index (χ3n) is 4.59. The van der Waals surface area contributed by atoms with Crippen LogP contribution in [0.3, 0.4) is 0 Å². The minimum absolute atomic E-state index is 0.239. The molecule has 1 aromatic rings. The third-order valence-corrected chi connectivity index (χ3v) is 4.59. The van der Waals surface area contributed by atoms with Crippen LogP contribution in [0.1, 0.15) is 31.2 Å². The van der Waals surface area contributed by atoms with Crippen LogP contribution < -0.4 is 4.74 Å². The smallest absolute Gasteiger partial charge is 0.321 e. The molecule has 1 fully saturated rings. The molecule has 2 aliphatic heterocycles. The van der Waals surface area contributed by atoms with Crippen molar-refractivity contribution < 1.29 is 14.6 Å². The van der Waals surface area contributed by atoms with Crippen LogP contribution in [0, 0.1) is 5.92 Å². The first-order chi connectivity index (χ1) is 9.66. The van der Waals surface area contributed by atoms with Gasteiger partial charge in [0.1, 0.15) is 11.8 Å². The van der Waals surface area contributed by atoms with Gasteiger partial charge in [-0.15, -0.1) is 0 Å². The van der Waals surface area contributed by atoms with Crippen LogP contribution in [0.25, 0.3) is 0 Å². The van der Waals surface area contributed by atoms with E-state index in [1.807, 2.05) is 25.1 Å². The predicted octanol–water partition coefficient (Wildman–Crippen LogP) is 2.35. The van der Waals surface area contributed by atoms with Gasteiger partial charge in [0.25, 0.3) is 0 Å². The van der Waals surface area contributed by atoms with E-state index in [0.717, 1.165) is 38.3 Å². The number of carbonyl (C=O) groups is 1. The van der Waals surface area contributed by atoms with E-state index in [2.05, 4.69) is 11.0 Å². The second-order valence-corrected chi connectivity index (χ2v) is 5.92. The maximum atomic E-state index is 11.4. The highest BCUT2D eigenvalue weighted by atomic mass is 16.5. The number of benzene rings is 1. The van der Waals surface area contributed by atoms with Gasteiger partial charge in [-0.25, -0.2) is 0 Å². The summed E-state index contributed by atoms with van der Waals surface area (Å²) < 4.78 is 5.68. The van der Waals surface area contributed by atoms with Gasteiger partial charge in [-0.05, 0) is 36.9 Å². The zero-order chi connectivity index (χ0) is 14.1. The fraction of sp³-hybridized carbons (Fsp3) is 0.562. The fourth-order valence-corrected chi connectivity index (χ4v) is 3.52. The Morgan fingerprint density at radius 3 is 3.00 bits per heavy atom. The van der Waals surface area contributed by atoms with E-state index in [-0.39, 0.29) is 12.0 Å². The van der Waals surface area contributed by atoms with E-state index in [9.17, 15) is 9.90 Å². The molecule has 3 atom stereocenters. The number of carboxylic acid groups (broad SMARTS) is 1. The Morgan fingerprint density at radius 2 is 2.20 bits per heavy atom. The minimum Gasteiger partial charge on any atom is -0.493 e. The Labute approximate surface area is 119 Å². The maximum Gasteiger partial charge on any atom is 0.321 e. The van der Waals surface area contributed by atoms with Crippen molar-refractivity contribution in [2.45, 2.75) is 31.7 Å². The molecule has 0 bridgehead atoms. The quantitative estimate of drug-likeness (QED) is 0.920. The van der Waals surface area contributed by atoms with Crippen molar-refractivity contribution in [2.24, 2.45) is 5.92 Å². The van der Waals surface area contributed by atoms with E-state index < -0.39 is 5.97 Å². The standard InChI is InChI=1S/C16H21NO3/c1-11-6-8-17(15(11)16(18)19)10-12-7-9-20-14-5-3-2-4-13(12)14/h2-5,11-12,15H,6-10H2,1H3,(H,18,19). The van der Waals surface area contributed by atoms with Gasteiger partial charge in [0.2, 0.25) is 0 Å². The molecule has 2 heterocycles. The average molecular weight is 275 g/mol. The van der Waals surface area contributed by atoms with E-state index >= 15 is 0 Å². The summed E-state index contributed by atoms with van der Waals surface area (Å²) in [5.41, 5.74) is 1.22. The molecule has 1 saturated heterocycles. The van der Waals surface area contributed by atoms with Gasteiger partial charge in [-0.2, -0.15) is 0 Å². The molecule has 108 valence electrons. The molecule has 1 N–H and O–H groups in total. The number of likely N-dealkylation sites (tertiary alicyclic amines) is 1. The summed E-state index contributed by atoms with van der Waals surface area (Å²) in [5, 5.41) is 9.41. The summed E-state index contributed by atoms with van der Waals surface area (Å²) in [5.74, 6) is 0.896. The molecule has 3 rings (SSSR count). The third kappa shape index (κ3) is 2.40. The highest BCUT2D eigenvalue weighted by molar-refractivity contribution is 5.74. The van der Waals surface area contributed by atoms with Gasteiger partial charge < -0.3 is 9.84 Å². The van der Waals surface area contributed by atoms with E-state index in [0.29, 0.717) is 5.92 Å². The molecule has 0 saturated carbocycles. The van der Waals surface area contributed by atoms with Crippen molar-refractivity contribution in [1.82, 2.24) is 4.90 Å². The number of hydrogen-bond donors (Lipinski definition) is 1. The molecule has 0 amide bonds. The number of ether oxygens (including phenoxy) is 1. The monoisotopic (exact) mass is 275 g/mol. The summed E-state index contributed by atoms with van der Waals surface area (Å²) in [6.45, 7) is 4.47. The van der Waals surface area contributed by atoms with Crippen molar-refractivity contribution in [1.29, 1.82) is 0 Å². The first-order valence-corrected chi connectivity index (χ1v) is 7.35. The van der Waals surface area contributed by atoms with Gasteiger partial charge in [0.05, 0.1) is 6.61 Å². The fourth-order valence-electron chi connectivity index (χ4n) is 3.52. The van der Waals surface area contributed by atoms with E-state index in [4.69, 9.17) is 4.74 Å². The van der Waals surface area contributed by atoms with Gasteiger partial charge in [-0.1, -0.05) is 25.1 Å². The van der Waals surface area contributed by atoms with Crippen molar-refractivity contribution >= 4 is 5.97 Å². The van der Waals surface area contributed by atoms with Crippen molar-refractivity contribution in [2.75, 3.05) is 19.7 Å². The Morgan fingerprint density at radius 1 is 1.40 bits per heavy atom. The summed E-state index contributed by atoms with van der Waals surface area (Å²) in [6.07, 6.45) is 1.94. The van der Waals surface area contributed by atoms with Gasteiger partial charge in [0.15, 0.2) is 0 Å².